The molecule has 0 aliphatic rings. The molecule has 48 heavy (non-hydrogen) atoms. The van der Waals surface area contributed by atoms with Gasteiger partial charge < -0.3 is 76.1 Å². The number of nitrogens with two attached hydrogens (primary N) is 7. The Balaban J connectivity index is -0.000000260. The molecule has 0 bridgehead atoms. The highest BCUT2D eigenvalue weighted by Crippen LogP contribution is 2.10. The van der Waals surface area contributed by atoms with Gasteiger partial charge in [-0.3, -0.25) is 34.2 Å². The Bertz CT molecular complexity index is 1110. The monoisotopic (exact) mass is 711 g/mol. The van der Waals surface area contributed by atoms with Crippen molar-refractivity contribution in [2.75, 3.05) is 25.1 Å². The Morgan fingerprint density at radius 2 is 1.19 bits per heavy atom. The number of benzene rings is 1. The smallest absolute Gasteiger partial charge is 0.321 e. The van der Waals surface area contributed by atoms with Crippen LogP contribution in [0.4, 0.5) is 0 Å². The minimum atomic E-state index is -1.21. The summed E-state index contributed by atoms with van der Waals surface area (Å²) in [4.78, 5) is 59.8. The number of amides is 1. The third-order valence-electron chi connectivity index (χ3n) is 4.90. The number of phenols is 1. The molecule has 22 heteroatoms. The van der Waals surface area contributed by atoms with Gasteiger partial charge in [0.1, 0.15) is 29.9 Å². The summed E-state index contributed by atoms with van der Waals surface area (Å²) in [5.74, 6) is -4.96. The van der Waals surface area contributed by atoms with Gasteiger partial charge in [-0.15, -0.1) is 0 Å². The van der Waals surface area contributed by atoms with Crippen molar-refractivity contribution in [1.29, 1.82) is 5.41 Å². The first-order valence-corrected chi connectivity index (χ1v) is 15.0. The molecule has 0 aromatic heterocycles. The van der Waals surface area contributed by atoms with Crippen LogP contribution in [0.15, 0.2) is 24.3 Å². The van der Waals surface area contributed by atoms with Crippen molar-refractivity contribution in [3.63, 3.8) is 0 Å². The zero-order chi connectivity index (χ0) is 38.4. The van der Waals surface area contributed by atoms with E-state index in [1.165, 1.54) is 12.1 Å². The number of carbonyl (C=O) groups is 6. The molecule has 0 aliphatic heterocycles. The van der Waals surface area contributed by atoms with Crippen molar-refractivity contribution in [2.24, 2.45) is 40.1 Å². The van der Waals surface area contributed by atoms with Gasteiger partial charge in [0.15, 0.2) is 5.96 Å². The Morgan fingerprint density at radius 3 is 1.50 bits per heavy atom. The van der Waals surface area contributed by atoms with Gasteiger partial charge in [-0.2, -0.15) is 11.8 Å². The SMILES string of the molecule is CSCCC(N)C(=O)O.N=C(N)NCCCC(N)C(=O)O.NC(=O)CC(N)C(=O)O.NC(Cc1ccc(O)cc1)C(=O)O.NCC(=O)O. The number of hydrogen-bond donors (Lipinski definition) is 15. The second-order valence-corrected chi connectivity index (χ2v) is 10.2. The van der Waals surface area contributed by atoms with Crippen LogP contribution in [0.5, 0.6) is 5.75 Å². The lowest BCUT2D eigenvalue weighted by atomic mass is 10.1. The van der Waals surface area contributed by atoms with E-state index < -0.39 is 59.9 Å². The number of carbonyl (C=O) groups excluding carboxylic acids is 1. The fourth-order valence-electron chi connectivity index (χ4n) is 2.31. The summed E-state index contributed by atoms with van der Waals surface area (Å²) in [5.41, 5.74) is 35.7. The van der Waals surface area contributed by atoms with E-state index in [-0.39, 0.29) is 31.1 Å². The molecule has 1 aromatic rings. The largest absolute Gasteiger partial charge is 0.508 e. The van der Waals surface area contributed by atoms with E-state index in [0.29, 0.717) is 25.8 Å². The fourth-order valence-corrected chi connectivity index (χ4v) is 2.80. The second kappa shape index (κ2) is 30.9. The normalized spacial score (nSPS) is 12.0. The van der Waals surface area contributed by atoms with Gasteiger partial charge >= 0.3 is 29.8 Å². The molecule has 1 rings (SSSR count). The molecule has 22 N–H and O–H groups in total. The minimum absolute atomic E-state index is 0.112. The van der Waals surface area contributed by atoms with Crippen LogP contribution in [0.2, 0.25) is 0 Å². The van der Waals surface area contributed by atoms with Crippen LogP contribution in [-0.2, 0) is 35.2 Å². The first-order valence-electron chi connectivity index (χ1n) is 13.6. The maximum atomic E-state index is 10.4. The van der Waals surface area contributed by atoms with Crippen LogP contribution in [-0.4, -0.2) is 122 Å². The molecule has 1 amide bonds. The molecule has 276 valence electrons. The molecule has 0 heterocycles. The van der Waals surface area contributed by atoms with Crippen LogP contribution in [0.1, 0.15) is 31.2 Å². The van der Waals surface area contributed by atoms with Gasteiger partial charge in [-0.05, 0) is 55.4 Å². The van der Waals surface area contributed by atoms with E-state index in [9.17, 15) is 28.8 Å². The number of carboxylic acid groups (broad SMARTS) is 5. The second-order valence-electron chi connectivity index (χ2n) is 9.18. The highest BCUT2D eigenvalue weighted by Gasteiger charge is 2.13. The highest BCUT2D eigenvalue weighted by atomic mass is 32.2. The van der Waals surface area contributed by atoms with Crippen molar-refractivity contribution < 1.29 is 59.4 Å². The van der Waals surface area contributed by atoms with Crippen LogP contribution in [0, 0.1) is 5.41 Å². The molecule has 0 spiro atoms. The van der Waals surface area contributed by atoms with Gasteiger partial charge in [0, 0.05) is 6.54 Å². The average molecular weight is 712 g/mol. The standard InChI is InChI=1S/C9H11NO3.C6H14N4O2.C5H11NO2S.C4H8N2O3.C2H5NO2/c10-8(9(12)13)5-6-1-3-7(11)4-2-6;7-4(5(11)12)2-1-3-10-6(8)9;1-9-3-2-4(6)5(7)8;5-2(4(8)9)1-3(6)7;3-1-2(4)5/h1-4,8,11H,5,10H2,(H,12,13);4H,1-3,7H2,(H,11,12)(H4,8,9,10);4H,2-3,6H2,1H3,(H,7,8);2H,1,5H2,(H2,6,7)(H,8,9);1,3H2,(H,4,5). The third-order valence-corrected chi connectivity index (χ3v) is 5.54. The first-order chi connectivity index (χ1) is 22.1. The fraction of sp³-hybridized carbons (Fsp3) is 0.500. The van der Waals surface area contributed by atoms with Crippen molar-refractivity contribution in [1.82, 2.24) is 5.32 Å². The highest BCUT2D eigenvalue weighted by molar-refractivity contribution is 7.98. The summed E-state index contributed by atoms with van der Waals surface area (Å²) in [6.07, 6.45) is 3.42. The topological polar surface area (TPSA) is 442 Å². The Morgan fingerprint density at radius 1 is 0.771 bits per heavy atom. The van der Waals surface area contributed by atoms with E-state index in [1.807, 2.05) is 6.26 Å². The third kappa shape index (κ3) is 37.4. The van der Waals surface area contributed by atoms with E-state index in [0.717, 1.165) is 11.3 Å². The number of primary amides is 1. The quantitative estimate of drug-likeness (QED) is 0.0448. The first kappa shape index (κ1) is 50.1. The molecule has 4 unspecified atom stereocenters. The summed E-state index contributed by atoms with van der Waals surface area (Å²) < 4.78 is 0. The van der Waals surface area contributed by atoms with Crippen LogP contribution in [0.3, 0.4) is 0 Å². The minimum Gasteiger partial charge on any atom is -0.508 e. The molecular weight excluding hydrogens is 662 g/mol. The van der Waals surface area contributed by atoms with Gasteiger partial charge in [-0.25, -0.2) is 0 Å². The number of aromatic hydroxyl groups is 1. The lowest BCUT2D eigenvalue weighted by Gasteiger charge is -2.06. The molecule has 0 radical (unpaired) electrons. The zero-order valence-corrected chi connectivity index (χ0v) is 27.2. The van der Waals surface area contributed by atoms with Gasteiger partial charge in [0.05, 0.1) is 13.0 Å². The molecule has 4 atom stereocenters. The van der Waals surface area contributed by atoms with Crippen molar-refractivity contribution >= 4 is 53.5 Å². The summed E-state index contributed by atoms with van der Waals surface area (Å²) in [6, 6.07) is 2.76. The van der Waals surface area contributed by atoms with Crippen molar-refractivity contribution in [3.8, 4) is 5.75 Å². The average Bonchev–Trinajstić information content (AvgIpc) is 2.99. The van der Waals surface area contributed by atoms with Gasteiger partial charge in [0.25, 0.3) is 0 Å². The number of hydrogen-bond acceptors (Lipinski definition) is 14. The number of rotatable bonds is 16. The van der Waals surface area contributed by atoms with Crippen LogP contribution in [0.25, 0.3) is 0 Å². The van der Waals surface area contributed by atoms with Crippen LogP contribution >= 0.6 is 11.8 Å². The summed E-state index contributed by atoms with van der Waals surface area (Å²) in [7, 11) is 0. The lowest BCUT2D eigenvalue weighted by Crippen LogP contribution is -2.34. The summed E-state index contributed by atoms with van der Waals surface area (Å²) >= 11 is 1.60. The van der Waals surface area contributed by atoms with Gasteiger partial charge in [-0.1, -0.05) is 12.1 Å². The van der Waals surface area contributed by atoms with Crippen LogP contribution < -0.4 is 45.5 Å². The maximum absolute atomic E-state index is 10.4. The van der Waals surface area contributed by atoms with E-state index in [2.05, 4.69) is 16.8 Å². The number of nitrogens with one attached hydrogen (secondary N) is 2. The van der Waals surface area contributed by atoms with E-state index in [1.54, 1.807) is 23.9 Å². The Labute approximate surface area is 280 Å². The molecule has 0 saturated heterocycles. The molecular formula is C26H49N9O12S. The van der Waals surface area contributed by atoms with Crippen molar-refractivity contribution in [2.45, 2.75) is 56.3 Å². The molecule has 0 saturated carbocycles. The number of aliphatic carboxylic acids is 5. The van der Waals surface area contributed by atoms with Gasteiger partial charge in [0.2, 0.25) is 5.91 Å². The summed E-state index contributed by atoms with van der Waals surface area (Å²) in [6.45, 7) is 0.205. The lowest BCUT2D eigenvalue weighted by molar-refractivity contribution is -0.140. The summed E-state index contributed by atoms with van der Waals surface area (Å²) in [5, 5.41) is 59.2. The zero-order valence-electron chi connectivity index (χ0n) is 26.4. The van der Waals surface area contributed by atoms with E-state index in [4.69, 9.17) is 64.7 Å². The number of phenolic OH excluding ortho intramolecular Hbond substituents is 1. The molecule has 1 aromatic carbocycles. The Kier molecular flexibility index (Phi) is 32.3. The maximum Gasteiger partial charge on any atom is 0.321 e. The molecule has 0 aliphatic carbocycles. The van der Waals surface area contributed by atoms with E-state index >= 15 is 0 Å². The number of carboxylic acids is 5. The van der Waals surface area contributed by atoms with Crippen molar-refractivity contribution in [3.05, 3.63) is 29.8 Å². The number of thioether (sulfide) groups is 1. The Hall–Kier alpha value is -4.74. The predicted octanol–water partition coefficient (Wildman–Crippen LogP) is -3.54. The molecule has 0 fully saturated rings. The molecule has 21 nitrogen and oxygen atoms in total. The number of guanidine groups is 1. The predicted molar refractivity (Wildman–Crippen MR) is 177 cm³/mol.